The maximum absolute atomic E-state index is 12.8. The highest BCUT2D eigenvalue weighted by atomic mass is 35.5. The van der Waals surface area contributed by atoms with Gasteiger partial charge in [-0.1, -0.05) is 17.7 Å². The molecule has 1 aromatic carbocycles. The molecule has 1 N–H and O–H groups in total. The first-order valence-corrected chi connectivity index (χ1v) is 9.32. The molecule has 1 aliphatic rings. The fraction of sp³-hybridized carbons (Fsp3) is 0.350. The fourth-order valence-electron chi connectivity index (χ4n) is 3.08. The number of nitrogens with zero attached hydrogens (tertiary/aromatic N) is 2. The monoisotopic (exact) mass is 387 g/mol. The summed E-state index contributed by atoms with van der Waals surface area (Å²) in [6, 6.07) is 9.75. The van der Waals surface area contributed by atoms with Crippen LogP contribution in [0.1, 0.15) is 37.2 Å². The second-order valence-electron chi connectivity index (χ2n) is 6.67. The predicted octanol–water partition coefficient (Wildman–Crippen LogP) is 3.77. The summed E-state index contributed by atoms with van der Waals surface area (Å²) in [6.45, 7) is 4.39. The van der Waals surface area contributed by atoms with Crippen molar-refractivity contribution in [1.29, 1.82) is 0 Å². The molecule has 1 aromatic heterocycles. The number of anilines is 1. The first kappa shape index (κ1) is 19.2. The van der Waals surface area contributed by atoms with Crippen LogP contribution in [-0.2, 0) is 4.79 Å². The van der Waals surface area contributed by atoms with E-state index in [1.807, 2.05) is 13.8 Å². The molecule has 2 amide bonds. The maximum Gasteiger partial charge on any atom is 0.273 e. The van der Waals surface area contributed by atoms with E-state index in [2.05, 4.69) is 10.3 Å². The van der Waals surface area contributed by atoms with Crippen molar-refractivity contribution in [3.63, 3.8) is 0 Å². The van der Waals surface area contributed by atoms with E-state index in [9.17, 15) is 9.59 Å². The number of rotatable bonds is 5. The highest BCUT2D eigenvalue weighted by Gasteiger charge is 2.35. The van der Waals surface area contributed by atoms with Crippen LogP contribution in [0.15, 0.2) is 42.6 Å². The average Bonchev–Trinajstić information content (AvgIpc) is 3.13. The molecule has 6 nitrogen and oxygen atoms in total. The number of amides is 2. The number of nitrogens with one attached hydrogen (secondary N) is 1. The molecule has 2 aromatic rings. The van der Waals surface area contributed by atoms with E-state index in [4.69, 9.17) is 16.3 Å². The first-order chi connectivity index (χ1) is 13.0. The molecule has 27 heavy (non-hydrogen) atoms. The zero-order valence-corrected chi connectivity index (χ0v) is 16.1. The largest absolute Gasteiger partial charge is 0.491 e. The average molecular weight is 388 g/mol. The predicted molar refractivity (Wildman–Crippen MR) is 104 cm³/mol. The van der Waals surface area contributed by atoms with Crippen molar-refractivity contribution in [2.75, 3.05) is 11.9 Å². The van der Waals surface area contributed by atoms with Gasteiger partial charge in [-0.25, -0.2) is 0 Å². The minimum absolute atomic E-state index is 0.0335. The van der Waals surface area contributed by atoms with Crippen molar-refractivity contribution in [2.24, 2.45) is 0 Å². The molecule has 142 valence electrons. The Kier molecular flexibility index (Phi) is 5.96. The Morgan fingerprint density at radius 3 is 2.78 bits per heavy atom. The van der Waals surface area contributed by atoms with Crippen LogP contribution in [0.2, 0.25) is 5.02 Å². The van der Waals surface area contributed by atoms with Gasteiger partial charge in [0.15, 0.2) is 0 Å². The van der Waals surface area contributed by atoms with Crippen LogP contribution < -0.4 is 10.1 Å². The summed E-state index contributed by atoms with van der Waals surface area (Å²) in [7, 11) is 0. The molecule has 0 bridgehead atoms. The minimum Gasteiger partial charge on any atom is -0.491 e. The summed E-state index contributed by atoms with van der Waals surface area (Å²) in [5.41, 5.74) is 0.834. The maximum atomic E-state index is 12.8. The fourth-order valence-corrected chi connectivity index (χ4v) is 3.30. The number of pyridine rings is 1. The van der Waals surface area contributed by atoms with Gasteiger partial charge >= 0.3 is 0 Å². The van der Waals surface area contributed by atoms with Crippen molar-refractivity contribution in [3.05, 3.63) is 53.3 Å². The van der Waals surface area contributed by atoms with Crippen molar-refractivity contribution < 1.29 is 14.3 Å². The second kappa shape index (κ2) is 8.39. The summed E-state index contributed by atoms with van der Waals surface area (Å²) in [4.78, 5) is 31.1. The van der Waals surface area contributed by atoms with Gasteiger partial charge in [0.1, 0.15) is 17.5 Å². The van der Waals surface area contributed by atoms with Gasteiger partial charge in [-0.2, -0.15) is 0 Å². The van der Waals surface area contributed by atoms with Gasteiger partial charge in [0.25, 0.3) is 5.91 Å². The smallest absolute Gasteiger partial charge is 0.273 e. The van der Waals surface area contributed by atoms with Crippen LogP contribution in [0.3, 0.4) is 0 Å². The van der Waals surface area contributed by atoms with Crippen LogP contribution in [0.4, 0.5) is 5.69 Å². The quantitative estimate of drug-likeness (QED) is 0.847. The summed E-state index contributed by atoms with van der Waals surface area (Å²) in [5, 5.41) is 3.22. The lowest BCUT2D eigenvalue weighted by Crippen LogP contribution is -2.43. The molecule has 1 aliphatic heterocycles. The van der Waals surface area contributed by atoms with Gasteiger partial charge in [0.05, 0.1) is 16.8 Å². The van der Waals surface area contributed by atoms with E-state index in [0.29, 0.717) is 35.1 Å². The van der Waals surface area contributed by atoms with Gasteiger partial charge in [0.2, 0.25) is 5.91 Å². The van der Waals surface area contributed by atoms with E-state index >= 15 is 0 Å². The van der Waals surface area contributed by atoms with Crippen LogP contribution >= 0.6 is 11.6 Å². The molecule has 1 saturated heterocycles. The lowest BCUT2D eigenvalue weighted by molar-refractivity contribution is -0.119. The molecular formula is C20H22ClN3O3. The zero-order chi connectivity index (χ0) is 19.4. The van der Waals surface area contributed by atoms with Gasteiger partial charge in [-0.3, -0.25) is 14.6 Å². The normalized spacial score (nSPS) is 16.4. The summed E-state index contributed by atoms with van der Waals surface area (Å²) in [5.74, 6) is 0.150. The molecule has 0 spiro atoms. The number of halogens is 1. The highest BCUT2D eigenvalue weighted by molar-refractivity contribution is 6.33. The van der Waals surface area contributed by atoms with Crippen molar-refractivity contribution in [2.45, 2.75) is 38.8 Å². The lowest BCUT2D eigenvalue weighted by atomic mass is 10.2. The summed E-state index contributed by atoms with van der Waals surface area (Å²) in [6.07, 6.45) is 2.98. The van der Waals surface area contributed by atoms with E-state index in [0.717, 1.165) is 6.42 Å². The van der Waals surface area contributed by atoms with E-state index in [1.165, 1.54) is 0 Å². The third-order valence-corrected chi connectivity index (χ3v) is 4.58. The van der Waals surface area contributed by atoms with Crippen LogP contribution in [0.5, 0.6) is 5.75 Å². The van der Waals surface area contributed by atoms with Crippen molar-refractivity contribution in [1.82, 2.24) is 9.88 Å². The minimum atomic E-state index is -0.540. The Balaban J connectivity index is 1.71. The van der Waals surface area contributed by atoms with Gasteiger partial charge in [-0.05, 0) is 51.0 Å². The number of ether oxygens (including phenoxy) is 1. The number of carbonyl (C=O) groups excluding carboxylic acids is 2. The van der Waals surface area contributed by atoms with E-state index < -0.39 is 6.04 Å². The highest BCUT2D eigenvalue weighted by Crippen LogP contribution is 2.29. The Hall–Kier alpha value is -2.60. The number of aromatic nitrogens is 1. The molecule has 1 fully saturated rings. The number of likely N-dealkylation sites (tertiary alicyclic amines) is 1. The SMILES string of the molecule is CC(C)Oc1ccc(NC(=O)[C@@H]2CCCN2C(=O)c2ccccn2)c(Cl)c1. The van der Waals surface area contributed by atoms with E-state index in [1.54, 1.807) is 47.5 Å². The molecular weight excluding hydrogens is 366 g/mol. The third-order valence-electron chi connectivity index (χ3n) is 4.27. The number of carbonyl (C=O) groups is 2. The van der Waals surface area contributed by atoms with Gasteiger partial charge in [-0.15, -0.1) is 0 Å². The van der Waals surface area contributed by atoms with Gasteiger partial charge in [0, 0.05) is 18.8 Å². The molecule has 1 atom stereocenters. The van der Waals surface area contributed by atoms with Crippen LogP contribution in [-0.4, -0.2) is 40.4 Å². The van der Waals surface area contributed by atoms with Crippen molar-refractivity contribution >= 4 is 29.1 Å². The lowest BCUT2D eigenvalue weighted by Gasteiger charge is -2.24. The van der Waals surface area contributed by atoms with Gasteiger partial charge < -0.3 is 15.0 Å². The summed E-state index contributed by atoms with van der Waals surface area (Å²) >= 11 is 6.27. The molecule has 0 unspecified atom stereocenters. The van der Waals surface area contributed by atoms with Crippen LogP contribution in [0, 0.1) is 0 Å². The molecule has 0 saturated carbocycles. The Morgan fingerprint density at radius 1 is 1.30 bits per heavy atom. The van der Waals surface area contributed by atoms with E-state index in [-0.39, 0.29) is 17.9 Å². The molecule has 7 heteroatoms. The summed E-state index contributed by atoms with van der Waals surface area (Å²) < 4.78 is 5.60. The molecule has 0 radical (unpaired) electrons. The Morgan fingerprint density at radius 2 is 2.11 bits per heavy atom. The number of hydrogen-bond donors (Lipinski definition) is 1. The third kappa shape index (κ3) is 4.57. The molecule has 3 rings (SSSR count). The van der Waals surface area contributed by atoms with Crippen LogP contribution in [0.25, 0.3) is 0 Å². The topological polar surface area (TPSA) is 71.5 Å². The molecule has 2 heterocycles. The number of hydrogen-bond acceptors (Lipinski definition) is 4. The second-order valence-corrected chi connectivity index (χ2v) is 7.08. The zero-order valence-electron chi connectivity index (χ0n) is 15.3. The number of benzene rings is 1. The molecule has 0 aliphatic carbocycles. The Bertz CT molecular complexity index is 826. The Labute approximate surface area is 163 Å². The first-order valence-electron chi connectivity index (χ1n) is 8.95. The standard InChI is InChI=1S/C20H22ClN3O3/c1-13(2)27-14-8-9-16(15(21)12-14)23-19(25)18-7-5-11-24(18)20(26)17-6-3-4-10-22-17/h3-4,6,8-10,12-13,18H,5,7,11H2,1-2H3,(H,23,25)/t18-/m0/s1. The van der Waals surface area contributed by atoms with Crippen molar-refractivity contribution in [3.8, 4) is 5.75 Å².